The standard InChI is InChI=1S/C15H26N4O2S/c1-15(2,3)21-14(20)19-8-6-18(7-9-19)5-4-16-10-13-11-17-12-22-13/h11-12,16H,4-10H2,1-3H3. The Kier molecular flexibility index (Phi) is 6.16. The minimum absolute atomic E-state index is 0.199. The van der Waals surface area contributed by atoms with Gasteiger partial charge < -0.3 is 15.0 Å². The van der Waals surface area contributed by atoms with E-state index in [-0.39, 0.29) is 6.09 Å². The van der Waals surface area contributed by atoms with Gasteiger partial charge in [-0.1, -0.05) is 0 Å². The van der Waals surface area contributed by atoms with Crippen molar-refractivity contribution < 1.29 is 9.53 Å². The van der Waals surface area contributed by atoms with Crippen molar-refractivity contribution >= 4 is 17.4 Å². The summed E-state index contributed by atoms with van der Waals surface area (Å²) in [6.45, 7) is 11.8. The van der Waals surface area contributed by atoms with E-state index in [4.69, 9.17) is 4.74 Å². The third kappa shape index (κ3) is 5.90. The van der Waals surface area contributed by atoms with Gasteiger partial charge in [-0.05, 0) is 20.8 Å². The van der Waals surface area contributed by atoms with Gasteiger partial charge in [-0.15, -0.1) is 11.3 Å². The van der Waals surface area contributed by atoms with Crippen LogP contribution < -0.4 is 5.32 Å². The van der Waals surface area contributed by atoms with Crippen LogP contribution in [0.2, 0.25) is 0 Å². The Bertz CT molecular complexity index is 451. The Morgan fingerprint density at radius 1 is 1.36 bits per heavy atom. The summed E-state index contributed by atoms with van der Waals surface area (Å²) in [5, 5.41) is 3.42. The molecule has 0 aromatic carbocycles. The summed E-state index contributed by atoms with van der Waals surface area (Å²) in [5.41, 5.74) is 1.43. The number of aromatic nitrogens is 1. The number of nitrogens with zero attached hydrogens (tertiary/aromatic N) is 3. The van der Waals surface area contributed by atoms with Crippen molar-refractivity contribution in [2.75, 3.05) is 39.3 Å². The number of thiazole rings is 1. The Labute approximate surface area is 136 Å². The second kappa shape index (κ2) is 7.89. The SMILES string of the molecule is CC(C)(C)OC(=O)N1CCN(CCNCc2cncs2)CC1. The molecule has 0 bridgehead atoms. The Hall–Kier alpha value is -1.18. The zero-order valence-electron chi connectivity index (χ0n) is 13.7. The number of carbonyl (C=O) groups is 1. The summed E-state index contributed by atoms with van der Waals surface area (Å²) >= 11 is 1.67. The summed E-state index contributed by atoms with van der Waals surface area (Å²) in [4.78, 5) is 21.5. The van der Waals surface area contributed by atoms with Crippen molar-refractivity contribution in [3.8, 4) is 0 Å². The lowest BCUT2D eigenvalue weighted by Crippen LogP contribution is -2.51. The fraction of sp³-hybridized carbons (Fsp3) is 0.733. The van der Waals surface area contributed by atoms with Crippen LogP contribution in [0.3, 0.4) is 0 Å². The quantitative estimate of drug-likeness (QED) is 0.836. The molecule has 0 aliphatic carbocycles. The Morgan fingerprint density at radius 2 is 2.09 bits per heavy atom. The van der Waals surface area contributed by atoms with Crippen LogP contribution in [0.15, 0.2) is 11.7 Å². The van der Waals surface area contributed by atoms with Gasteiger partial charge in [0.2, 0.25) is 0 Å². The molecule has 1 aromatic rings. The van der Waals surface area contributed by atoms with E-state index in [1.165, 1.54) is 4.88 Å². The van der Waals surface area contributed by atoms with Crippen molar-refractivity contribution in [2.24, 2.45) is 0 Å². The van der Waals surface area contributed by atoms with Crippen LogP contribution in [0.4, 0.5) is 4.79 Å². The van der Waals surface area contributed by atoms with Gasteiger partial charge in [0.15, 0.2) is 0 Å². The van der Waals surface area contributed by atoms with Gasteiger partial charge in [0.25, 0.3) is 0 Å². The normalized spacial score (nSPS) is 16.8. The van der Waals surface area contributed by atoms with Crippen molar-refractivity contribution in [2.45, 2.75) is 32.9 Å². The van der Waals surface area contributed by atoms with E-state index in [2.05, 4.69) is 15.2 Å². The third-order valence-electron chi connectivity index (χ3n) is 3.41. The molecule has 1 saturated heterocycles. The van der Waals surface area contributed by atoms with Gasteiger partial charge in [0.1, 0.15) is 5.60 Å². The van der Waals surface area contributed by atoms with E-state index in [0.717, 1.165) is 45.8 Å². The van der Waals surface area contributed by atoms with E-state index in [9.17, 15) is 4.79 Å². The van der Waals surface area contributed by atoms with E-state index >= 15 is 0 Å². The molecular formula is C15H26N4O2S. The van der Waals surface area contributed by atoms with Crippen molar-refractivity contribution in [1.82, 2.24) is 20.1 Å². The molecule has 2 heterocycles. The molecule has 1 fully saturated rings. The van der Waals surface area contributed by atoms with Crippen LogP contribution in [-0.2, 0) is 11.3 Å². The molecule has 0 saturated carbocycles. The molecule has 124 valence electrons. The molecule has 0 spiro atoms. The maximum atomic E-state index is 12.0. The first-order chi connectivity index (χ1) is 10.4. The maximum Gasteiger partial charge on any atom is 0.410 e. The largest absolute Gasteiger partial charge is 0.444 e. The molecule has 0 atom stereocenters. The van der Waals surface area contributed by atoms with Crippen LogP contribution in [0, 0.1) is 0 Å². The summed E-state index contributed by atoms with van der Waals surface area (Å²) in [6, 6.07) is 0. The molecular weight excluding hydrogens is 300 g/mol. The average Bonchev–Trinajstić information content (AvgIpc) is 2.95. The minimum Gasteiger partial charge on any atom is -0.444 e. The molecule has 0 unspecified atom stereocenters. The molecule has 6 nitrogen and oxygen atoms in total. The summed E-state index contributed by atoms with van der Waals surface area (Å²) in [5.74, 6) is 0. The molecule has 1 amide bonds. The van der Waals surface area contributed by atoms with Crippen LogP contribution in [0.1, 0.15) is 25.6 Å². The fourth-order valence-corrected chi connectivity index (χ4v) is 2.82. The van der Waals surface area contributed by atoms with Gasteiger partial charge >= 0.3 is 6.09 Å². The zero-order chi connectivity index (χ0) is 16.0. The Balaban J connectivity index is 1.59. The number of hydrogen-bond acceptors (Lipinski definition) is 6. The lowest BCUT2D eigenvalue weighted by atomic mass is 10.2. The second-order valence-corrected chi connectivity index (χ2v) is 7.42. The van der Waals surface area contributed by atoms with Gasteiger partial charge in [0, 0.05) is 56.9 Å². The topological polar surface area (TPSA) is 57.7 Å². The second-order valence-electron chi connectivity index (χ2n) is 6.45. The minimum atomic E-state index is -0.422. The van der Waals surface area contributed by atoms with Crippen molar-refractivity contribution in [1.29, 1.82) is 0 Å². The molecule has 1 N–H and O–H groups in total. The maximum absolute atomic E-state index is 12.0. The number of carbonyl (C=O) groups excluding carboxylic acids is 1. The molecule has 7 heteroatoms. The summed E-state index contributed by atoms with van der Waals surface area (Å²) in [7, 11) is 0. The lowest BCUT2D eigenvalue weighted by Gasteiger charge is -2.35. The van der Waals surface area contributed by atoms with Crippen molar-refractivity contribution in [3.63, 3.8) is 0 Å². The van der Waals surface area contributed by atoms with Gasteiger partial charge in [-0.3, -0.25) is 9.88 Å². The van der Waals surface area contributed by atoms with E-state index in [0.29, 0.717) is 0 Å². The zero-order valence-corrected chi connectivity index (χ0v) is 14.5. The number of hydrogen-bond donors (Lipinski definition) is 1. The molecule has 1 aliphatic rings. The van der Waals surface area contributed by atoms with Crippen LogP contribution in [0.5, 0.6) is 0 Å². The van der Waals surface area contributed by atoms with E-state index in [1.54, 1.807) is 16.2 Å². The third-order valence-corrected chi connectivity index (χ3v) is 4.19. The molecule has 2 rings (SSSR count). The van der Waals surface area contributed by atoms with E-state index in [1.807, 2.05) is 32.5 Å². The molecule has 1 aliphatic heterocycles. The van der Waals surface area contributed by atoms with Crippen LogP contribution in [0.25, 0.3) is 0 Å². The van der Waals surface area contributed by atoms with Gasteiger partial charge in [0.05, 0.1) is 5.51 Å². The number of ether oxygens (including phenoxy) is 1. The highest BCUT2D eigenvalue weighted by atomic mass is 32.1. The molecule has 0 radical (unpaired) electrons. The lowest BCUT2D eigenvalue weighted by molar-refractivity contribution is 0.0146. The Morgan fingerprint density at radius 3 is 2.68 bits per heavy atom. The highest BCUT2D eigenvalue weighted by Crippen LogP contribution is 2.11. The predicted octanol–water partition coefficient (Wildman–Crippen LogP) is 1.79. The monoisotopic (exact) mass is 326 g/mol. The van der Waals surface area contributed by atoms with Crippen LogP contribution >= 0.6 is 11.3 Å². The molecule has 1 aromatic heterocycles. The number of amides is 1. The fourth-order valence-electron chi connectivity index (χ4n) is 2.26. The summed E-state index contributed by atoms with van der Waals surface area (Å²) < 4.78 is 5.40. The number of piperazine rings is 1. The highest BCUT2D eigenvalue weighted by molar-refractivity contribution is 7.09. The number of nitrogens with one attached hydrogen (secondary N) is 1. The first-order valence-electron chi connectivity index (χ1n) is 7.72. The van der Waals surface area contributed by atoms with Gasteiger partial charge in [-0.25, -0.2) is 4.79 Å². The summed E-state index contributed by atoms with van der Waals surface area (Å²) in [6.07, 6.45) is 1.70. The van der Waals surface area contributed by atoms with Gasteiger partial charge in [-0.2, -0.15) is 0 Å². The first kappa shape index (κ1) is 17.2. The predicted molar refractivity (Wildman–Crippen MR) is 88.1 cm³/mol. The van der Waals surface area contributed by atoms with Crippen LogP contribution in [-0.4, -0.2) is 65.7 Å². The van der Waals surface area contributed by atoms with Crippen molar-refractivity contribution in [3.05, 3.63) is 16.6 Å². The smallest absolute Gasteiger partial charge is 0.410 e. The average molecular weight is 326 g/mol. The highest BCUT2D eigenvalue weighted by Gasteiger charge is 2.25. The first-order valence-corrected chi connectivity index (χ1v) is 8.60. The number of rotatable bonds is 5. The molecule has 22 heavy (non-hydrogen) atoms. The van der Waals surface area contributed by atoms with E-state index < -0.39 is 5.60 Å².